The van der Waals surface area contributed by atoms with E-state index in [4.69, 9.17) is 13.9 Å². The highest BCUT2D eigenvalue weighted by Crippen LogP contribution is 2.31. The molecule has 1 saturated heterocycles. The molecule has 10 heteroatoms. The molecule has 3 heterocycles. The van der Waals surface area contributed by atoms with Gasteiger partial charge in [-0.15, -0.1) is 0 Å². The van der Waals surface area contributed by atoms with E-state index in [0.29, 0.717) is 42.5 Å². The van der Waals surface area contributed by atoms with E-state index >= 15 is 0 Å². The van der Waals surface area contributed by atoms with Crippen LogP contribution in [-0.2, 0) is 0 Å². The molecule has 2 aromatic heterocycles. The van der Waals surface area contributed by atoms with Crippen molar-refractivity contribution in [2.24, 2.45) is 0 Å². The molecule has 0 aliphatic carbocycles. The topological polar surface area (TPSA) is 113 Å². The zero-order chi connectivity index (χ0) is 21.1. The summed E-state index contributed by atoms with van der Waals surface area (Å²) in [7, 11) is 3.14. The first-order chi connectivity index (χ1) is 14.6. The van der Waals surface area contributed by atoms with Crippen LogP contribution in [0.1, 0.15) is 17.0 Å². The Morgan fingerprint density at radius 2 is 2.07 bits per heavy atom. The SMILES string of the molecule is COc1cc2cnc(NN3CCCN(C(=O)c4ccco4)C(O)C3)nc2cc1OC. The number of hydrazine groups is 1. The smallest absolute Gasteiger partial charge is 0.291 e. The number of hydrogen-bond acceptors (Lipinski definition) is 9. The molecule has 3 aromatic rings. The first kappa shape index (κ1) is 19.9. The fourth-order valence-electron chi connectivity index (χ4n) is 3.40. The molecule has 0 radical (unpaired) electrons. The highest BCUT2D eigenvalue weighted by molar-refractivity contribution is 5.91. The Morgan fingerprint density at radius 3 is 2.80 bits per heavy atom. The third-order valence-corrected chi connectivity index (χ3v) is 4.91. The van der Waals surface area contributed by atoms with Crippen LogP contribution < -0.4 is 14.9 Å². The lowest BCUT2D eigenvalue weighted by Gasteiger charge is -2.27. The zero-order valence-corrected chi connectivity index (χ0v) is 16.7. The number of benzene rings is 1. The number of hydrogen-bond donors (Lipinski definition) is 2. The number of nitrogens with zero attached hydrogens (tertiary/aromatic N) is 4. The van der Waals surface area contributed by atoms with Gasteiger partial charge in [-0.25, -0.2) is 15.0 Å². The molecule has 1 atom stereocenters. The van der Waals surface area contributed by atoms with Crippen molar-refractivity contribution in [3.05, 3.63) is 42.5 Å². The number of methoxy groups -OCH3 is 2. The number of furan rings is 1. The van der Waals surface area contributed by atoms with Crippen molar-refractivity contribution in [3.8, 4) is 11.5 Å². The van der Waals surface area contributed by atoms with E-state index < -0.39 is 6.23 Å². The first-order valence-corrected chi connectivity index (χ1v) is 9.52. The van der Waals surface area contributed by atoms with Crippen LogP contribution in [0.15, 0.2) is 41.1 Å². The van der Waals surface area contributed by atoms with Gasteiger partial charge in [0.2, 0.25) is 5.95 Å². The maximum atomic E-state index is 12.5. The number of nitrogens with one attached hydrogen (secondary N) is 1. The van der Waals surface area contributed by atoms with E-state index in [1.165, 1.54) is 11.2 Å². The second kappa shape index (κ2) is 8.56. The van der Waals surface area contributed by atoms with Crippen molar-refractivity contribution in [1.29, 1.82) is 0 Å². The molecule has 0 spiro atoms. The molecule has 1 aliphatic heterocycles. The number of aliphatic hydroxyl groups excluding tert-OH is 1. The summed E-state index contributed by atoms with van der Waals surface area (Å²) in [6, 6.07) is 6.82. The number of β-amino-alcohol motifs (C(OH)–C–C–N with tert-alkyl or cyclic N) is 1. The summed E-state index contributed by atoms with van der Waals surface area (Å²) in [5, 5.41) is 13.2. The van der Waals surface area contributed by atoms with E-state index in [1.54, 1.807) is 43.6 Å². The van der Waals surface area contributed by atoms with Crippen LogP contribution in [0.3, 0.4) is 0 Å². The minimum atomic E-state index is -0.998. The van der Waals surface area contributed by atoms with Gasteiger partial charge in [-0.2, -0.15) is 0 Å². The Bertz CT molecular complexity index is 1030. The van der Waals surface area contributed by atoms with Crippen molar-refractivity contribution in [1.82, 2.24) is 19.9 Å². The second-order valence-corrected chi connectivity index (χ2v) is 6.83. The average molecular weight is 413 g/mol. The van der Waals surface area contributed by atoms with Gasteiger partial charge in [-0.3, -0.25) is 10.2 Å². The largest absolute Gasteiger partial charge is 0.493 e. The van der Waals surface area contributed by atoms with Crippen molar-refractivity contribution in [2.75, 3.05) is 39.3 Å². The fourth-order valence-corrected chi connectivity index (χ4v) is 3.40. The number of carbonyl (C=O) groups excluding carboxylic acids is 1. The number of anilines is 1. The van der Waals surface area contributed by atoms with Gasteiger partial charge in [0.25, 0.3) is 5.91 Å². The third-order valence-electron chi connectivity index (χ3n) is 4.91. The molecule has 30 heavy (non-hydrogen) atoms. The number of fused-ring (bicyclic) bond motifs is 1. The van der Waals surface area contributed by atoms with Gasteiger partial charge in [0.15, 0.2) is 17.3 Å². The Balaban J connectivity index is 1.48. The molecule has 1 aromatic carbocycles. The van der Waals surface area contributed by atoms with Crippen LogP contribution in [0.25, 0.3) is 10.9 Å². The highest BCUT2D eigenvalue weighted by atomic mass is 16.5. The summed E-state index contributed by atoms with van der Waals surface area (Å²) < 4.78 is 15.8. The second-order valence-electron chi connectivity index (χ2n) is 6.83. The summed E-state index contributed by atoms with van der Waals surface area (Å²) in [4.78, 5) is 22.8. The number of aromatic nitrogens is 2. The highest BCUT2D eigenvalue weighted by Gasteiger charge is 2.29. The average Bonchev–Trinajstić information content (AvgIpc) is 3.23. The number of carbonyl (C=O) groups is 1. The number of ether oxygens (including phenoxy) is 2. The van der Waals surface area contributed by atoms with Crippen molar-refractivity contribution < 1.29 is 23.8 Å². The summed E-state index contributed by atoms with van der Waals surface area (Å²) >= 11 is 0. The van der Waals surface area contributed by atoms with Crippen LogP contribution in [0.2, 0.25) is 0 Å². The minimum Gasteiger partial charge on any atom is -0.493 e. The Morgan fingerprint density at radius 1 is 1.27 bits per heavy atom. The third kappa shape index (κ3) is 4.00. The molecule has 158 valence electrons. The van der Waals surface area contributed by atoms with E-state index in [9.17, 15) is 9.90 Å². The maximum Gasteiger partial charge on any atom is 0.291 e. The zero-order valence-electron chi connectivity index (χ0n) is 16.7. The first-order valence-electron chi connectivity index (χ1n) is 9.52. The molecule has 2 N–H and O–H groups in total. The minimum absolute atomic E-state index is 0.194. The molecule has 1 fully saturated rings. The van der Waals surface area contributed by atoms with Crippen LogP contribution in [0, 0.1) is 0 Å². The van der Waals surface area contributed by atoms with Gasteiger partial charge in [-0.1, -0.05) is 0 Å². The Labute approximate surface area is 173 Å². The lowest BCUT2D eigenvalue weighted by molar-refractivity contribution is 0.00229. The molecular weight excluding hydrogens is 390 g/mol. The van der Waals surface area contributed by atoms with Crippen molar-refractivity contribution in [2.45, 2.75) is 12.6 Å². The van der Waals surface area contributed by atoms with Gasteiger partial charge in [-0.05, 0) is 24.6 Å². The molecule has 1 unspecified atom stereocenters. The molecule has 1 amide bonds. The van der Waals surface area contributed by atoms with Crippen LogP contribution in [-0.4, -0.2) is 71.0 Å². The van der Waals surface area contributed by atoms with Gasteiger partial charge >= 0.3 is 0 Å². The monoisotopic (exact) mass is 413 g/mol. The number of rotatable bonds is 5. The lowest BCUT2D eigenvalue weighted by atomic mass is 10.2. The summed E-state index contributed by atoms with van der Waals surface area (Å²) in [5.41, 5.74) is 3.81. The predicted octanol–water partition coefficient (Wildman–Crippen LogP) is 1.73. The molecule has 1 aliphatic rings. The predicted molar refractivity (Wildman–Crippen MR) is 108 cm³/mol. The summed E-state index contributed by atoms with van der Waals surface area (Å²) in [6.07, 6.45) is 2.79. The van der Waals surface area contributed by atoms with Crippen LogP contribution >= 0.6 is 0 Å². The summed E-state index contributed by atoms with van der Waals surface area (Å²) in [6.45, 7) is 1.21. The lowest BCUT2D eigenvalue weighted by Crippen LogP contribution is -2.45. The van der Waals surface area contributed by atoms with Crippen LogP contribution in [0.5, 0.6) is 11.5 Å². The van der Waals surface area contributed by atoms with Gasteiger partial charge in [0, 0.05) is 30.7 Å². The molecule has 0 saturated carbocycles. The maximum absolute atomic E-state index is 12.5. The van der Waals surface area contributed by atoms with Gasteiger partial charge in [0.1, 0.15) is 6.23 Å². The number of amides is 1. The van der Waals surface area contributed by atoms with E-state index in [1.807, 2.05) is 6.07 Å². The molecular formula is C20H23N5O5. The standard InChI is InChI=1S/C20H23N5O5/c1-28-16-9-13-11-21-20(22-14(13)10-17(16)29-2)23-24-6-4-7-25(18(26)12-24)19(27)15-5-3-8-30-15/h3,5,8-11,18,26H,4,6-7,12H2,1-2H3,(H,21,22,23). The quantitative estimate of drug-likeness (QED) is 0.645. The normalized spacial score (nSPS) is 17.6. The Kier molecular flexibility index (Phi) is 5.68. The number of aliphatic hydroxyl groups is 1. The van der Waals surface area contributed by atoms with Crippen LogP contribution in [0.4, 0.5) is 5.95 Å². The Hall–Kier alpha value is -3.37. The van der Waals surface area contributed by atoms with Crippen molar-refractivity contribution >= 4 is 22.8 Å². The van der Waals surface area contributed by atoms with Gasteiger partial charge < -0.3 is 23.9 Å². The fraction of sp³-hybridized carbons (Fsp3) is 0.350. The van der Waals surface area contributed by atoms with Crippen molar-refractivity contribution in [3.63, 3.8) is 0 Å². The molecule has 4 rings (SSSR count). The van der Waals surface area contributed by atoms with Gasteiger partial charge in [0.05, 0.1) is 32.5 Å². The molecule has 0 bridgehead atoms. The molecule has 10 nitrogen and oxygen atoms in total. The summed E-state index contributed by atoms with van der Waals surface area (Å²) in [5.74, 6) is 1.43. The van der Waals surface area contributed by atoms with E-state index in [0.717, 1.165) is 5.39 Å². The van der Waals surface area contributed by atoms with E-state index in [-0.39, 0.29) is 18.2 Å². The van der Waals surface area contributed by atoms with E-state index in [2.05, 4.69) is 15.4 Å².